The summed E-state index contributed by atoms with van der Waals surface area (Å²) in [6.45, 7) is 0.873. The number of aliphatic carboxylic acids is 2. The number of alkyl halides is 6. The Morgan fingerprint density at radius 1 is 0.854 bits per heavy atom. The number of carboxylic acid groups (broad SMARTS) is 2. The van der Waals surface area contributed by atoms with Gasteiger partial charge in [0.25, 0.3) is 0 Å². The third kappa shape index (κ3) is 9.53. The normalized spacial score (nSPS) is 12.9. The fourth-order valence-corrected chi connectivity index (χ4v) is 3.75. The molecule has 1 aliphatic rings. The number of ether oxygens (including phenoxy) is 1. The van der Waals surface area contributed by atoms with Crippen molar-refractivity contribution in [1.82, 2.24) is 15.3 Å². The molecule has 0 saturated heterocycles. The summed E-state index contributed by atoms with van der Waals surface area (Å²) in [6.07, 6.45) is -6.24. The molecule has 14 heteroatoms. The average molecular weight is 583 g/mol. The van der Waals surface area contributed by atoms with E-state index in [2.05, 4.69) is 51.7 Å². The zero-order valence-electron chi connectivity index (χ0n) is 21.0. The molecule has 218 valence electrons. The van der Waals surface area contributed by atoms with Gasteiger partial charge in [0.1, 0.15) is 11.5 Å². The predicted octanol–water partition coefficient (Wildman–Crippen LogP) is 5.88. The zero-order chi connectivity index (χ0) is 30.2. The van der Waals surface area contributed by atoms with Crippen LogP contribution in [0.5, 0.6) is 11.5 Å². The third-order valence-electron chi connectivity index (χ3n) is 5.68. The van der Waals surface area contributed by atoms with Crippen LogP contribution in [0.1, 0.15) is 16.7 Å². The highest BCUT2D eigenvalue weighted by molar-refractivity contribution is 5.76. The first-order chi connectivity index (χ1) is 19.2. The molecule has 1 aliphatic carbocycles. The minimum absolute atomic E-state index is 0.527. The van der Waals surface area contributed by atoms with E-state index in [4.69, 9.17) is 24.5 Å². The minimum atomic E-state index is -5.08. The van der Waals surface area contributed by atoms with Crippen LogP contribution in [-0.4, -0.2) is 50.5 Å². The summed E-state index contributed by atoms with van der Waals surface area (Å²) >= 11 is 0. The highest BCUT2D eigenvalue weighted by Crippen LogP contribution is 2.25. The van der Waals surface area contributed by atoms with Gasteiger partial charge in [-0.25, -0.2) is 14.6 Å². The number of fused-ring (bicyclic) bond motifs is 2. The summed E-state index contributed by atoms with van der Waals surface area (Å²) in [5.74, 6) is -3.88. The van der Waals surface area contributed by atoms with Gasteiger partial charge in [0.15, 0.2) is 0 Å². The minimum Gasteiger partial charge on any atom is -0.475 e. The highest BCUT2D eigenvalue weighted by Gasteiger charge is 2.38. The van der Waals surface area contributed by atoms with Crippen molar-refractivity contribution in [3.05, 3.63) is 89.7 Å². The van der Waals surface area contributed by atoms with E-state index < -0.39 is 24.3 Å². The molecule has 0 spiro atoms. The van der Waals surface area contributed by atoms with Crippen molar-refractivity contribution in [1.29, 1.82) is 0 Å². The second-order valence-corrected chi connectivity index (χ2v) is 8.69. The van der Waals surface area contributed by atoms with Gasteiger partial charge in [0.2, 0.25) is 0 Å². The number of halogens is 6. The molecule has 0 radical (unpaired) electrons. The lowest BCUT2D eigenvalue weighted by Crippen LogP contribution is -2.28. The summed E-state index contributed by atoms with van der Waals surface area (Å²) < 4.78 is 69.4. The lowest BCUT2D eigenvalue weighted by molar-refractivity contribution is -0.193. The topological polar surface area (TPSA) is 125 Å². The number of hydrogen-bond donors (Lipinski definition) is 4. The van der Waals surface area contributed by atoms with Crippen molar-refractivity contribution in [2.45, 2.75) is 37.8 Å². The van der Waals surface area contributed by atoms with Crippen molar-refractivity contribution in [3.63, 3.8) is 0 Å². The maximum atomic E-state index is 10.6. The van der Waals surface area contributed by atoms with E-state index in [1.807, 2.05) is 30.3 Å². The van der Waals surface area contributed by atoms with Crippen LogP contribution < -0.4 is 10.1 Å². The molecule has 1 heterocycles. The fraction of sp³-hybridized carbons (Fsp3) is 0.222. The summed E-state index contributed by atoms with van der Waals surface area (Å²) in [5, 5.41) is 17.9. The summed E-state index contributed by atoms with van der Waals surface area (Å²) in [6, 6.07) is 23.4. The number of hydrogen-bond acceptors (Lipinski definition) is 5. The second kappa shape index (κ2) is 13.2. The first kappa shape index (κ1) is 30.9. The number of imidazole rings is 1. The Labute approximate surface area is 228 Å². The zero-order valence-corrected chi connectivity index (χ0v) is 21.0. The summed E-state index contributed by atoms with van der Waals surface area (Å²) in [4.78, 5) is 25.1. The van der Waals surface area contributed by atoms with Gasteiger partial charge in [0.05, 0.1) is 17.4 Å². The van der Waals surface area contributed by atoms with Gasteiger partial charge in [-0.3, -0.25) is 0 Å². The monoisotopic (exact) mass is 583 g/mol. The Kier molecular flexibility index (Phi) is 9.94. The third-order valence-corrected chi connectivity index (χ3v) is 5.68. The fourth-order valence-electron chi connectivity index (χ4n) is 3.75. The Morgan fingerprint density at radius 3 is 1.88 bits per heavy atom. The lowest BCUT2D eigenvalue weighted by Gasteiger charge is -2.12. The molecule has 0 unspecified atom stereocenters. The van der Waals surface area contributed by atoms with E-state index >= 15 is 0 Å². The average Bonchev–Trinajstić information content (AvgIpc) is 3.54. The van der Waals surface area contributed by atoms with Crippen LogP contribution in [-0.2, 0) is 29.0 Å². The molecule has 3 aromatic carbocycles. The van der Waals surface area contributed by atoms with Crippen LogP contribution in [0.2, 0.25) is 0 Å². The predicted molar refractivity (Wildman–Crippen MR) is 134 cm³/mol. The Balaban J connectivity index is 0.000000276. The van der Waals surface area contributed by atoms with Gasteiger partial charge in [-0.1, -0.05) is 36.4 Å². The molecule has 0 bridgehead atoms. The number of H-pyrrole nitrogens is 1. The highest BCUT2D eigenvalue weighted by atomic mass is 19.4. The number of carbonyl (C=O) groups is 2. The molecule has 0 amide bonds. The molecule has 0 saturated carbocycles. The van der Waals surface area contributed by atoms with Crippen LogP contribution in [0.3, 0.4) is 0 Å². The van der Waals surface area contributed by atoms with Crippen LogP contribution in [0.25, 0.3) is 11.0 Å². The lowest BCUT2D eigenvalue weighted by atomic mass is 10.1. The molecule has 41 heavy (non-hydrogen) atoms. The largest absolute Gasteiger partial charge is 0.490 e. The van der Waals surface area contributed by atoms with Crippen molar-refractivity contribution >= 4 is 23.0 Å². The number of nitrogens with one attached hydrogen (secondary N) is 2. The number of benzene rings is 3. The molecule has 0 aliphatic heterocycles. The van der Waals surface area contributed by atoms with Crippen molar-refractivity contribution in [2.24, 2.45) is 0 Å². The summed E-state index contributed by atoms with van der Waals surface area (Å²) in [5.41, 5.74) is 6.14. The number of aromatic nitrogens is 2. The Bertz CT molecular complexity index is 1420. The van der Waals surface area contributed by atoms with E-state index in [0.717, 1.165) is 41.9 Å². The number of aromatic amines is 1. The standard InChI is InChI=1S/C23H21N3O.2C2HF3O2/c1-2-4-18-12-19(11-17(18)3-1)24-14-16-5-7-20(8-6-16)27-21-9-10-22-23(13-21)26-15-25-22;2*3-2(4,5)1(6)7/h1-10,13,15,19,24H,11-12,14H2,(H,25,26);2*(H,6,7). The quantitative estimate of drug-likeness (QED) is 0.216. The SMILES string of the molecule is O=C(O)C(F)(F)F.O=C(O)C(F)(F)F.c1ccc2c(c1)CC(NCc1ccc(Oc3ccc4[nH]cnc4c3)cc1)C2. The van der Waals surface area contributed by atoms with Crippen molar-refractivity contribution in [2.75, 3.05) is 0 Å². The van der Waals surface area contributed by atoms with Crippen molar-refractivity contribution < 1.29 is 50.9 Å². The van der Waals surface area contributed by atoms with Gasteiger partial charge >= 0.3 is 24.3 Å². The molecule has 4 aromatic rings. The molecule has 8 nitrogen and oxygen atoms in total. The molecule has 5 rings (SSSR count). The van der Waals surface area contributed by atoms with Crippen LogP contribution in [0.4, 0.5) is 26.3 Å². The van der Waals surface area contributed by atoms with Crippen LogP contribution in [0, 0.1) is 0 Å². The van der Waals surface area contributed by atoms with Gasteiger partial charge in [-0.05, 0) is 53.8 Å². The molecule has 4 N–H and O–H groups in total. The van der Waals surface area contributed by atoms with E-state index in [1.54, 1.807) is 6.33 Å². The molecular formula is C27H23F6N3O5. The number of rotatable bonds is 5. The van der Waals surface area contributed by atoms with Gasteiger partial charge in [0, 0.05) is 18.7 Å². The van der Waals surface area contributed by atoms with E-state index in [0.29, 0.717) is 6.04 Å². The molecule has 0 fully saturated rings. The second-order valence-electron chi connectivity index (χ2n) is 8.69. The maximum absolute atomic E-state index is 10.6. The summed E-state index contributed by atoms with van der Waals surface area (Å²) in [7, 11) is 0. The molecule has 1 aromatic heterocycles. The van der Waals surface area contributed by atoms with Gasteiger partial charge < -0.3 is 25.3 Å². The van der Waals surface area contributed by atoms with Gasteiger partial charge in [-0.15, -0.1) is 0 Å². The van der Waals surface area contributed by atoms with Crippen LogP contribution >= 0.6 is 0 Å². The molecular weight excluding hydrogens is 560 g/mol. The Hall–Kier alpha value is -4.59. The first-order valence-corrected chi connectivity index (χ1v) is 11.8. The Morgan fingerprint density at radius 2 is 1.37 bits per heavy atom. The van der Waals surface area contributed by atoms with Gasteiger partial charge in [-0.2, -0.15) is 26.3 Å². The number of nitrogens with zero attached hydrogens (tertiary/aromatic N) is 1. The van der Waals surface area contributed by atoms with Crippen LogP contribution in [0.15, 0.2) is 73.1 Å². The smallest absolute Gasteiger partial charge is 0.475 e. The number of carboxylic acids is 2. The van der Waals surface area contributed by atoms with E-state index in [9.17, 15) is 26.3 Å². The molecule has 0 atom stereocenters. The maximum Gasteiger partial charge on any atom is 0.490 e. The van der Waals surface area contributed by atoms with Crippen molar-refractivity contribution in [3.8, 4) is 11.5 Å². The first-order valence-electron chi connectivity index (χ1n) is 11.8. The van der Waals surface area contributed by atoms with E-state index in [-0.39, 0.29) is 0 Å². The van der Waals surface area contributed by atoms with E-state index in [1.165, 1.54) is 16.7 Å².